The van der Waals surface area contributed by atoms with E-state index in [0.717, 1.165) is 0 Å². The number of benzene rings is 1. The first-order valence-electron chi connectivity index (χ1n) is 5.90. The molecule has 0 aliphatic heterocycles. The van der Waals surface area contributed by atoms with E-state index < -0.39 is 6.09 Å². The summed E-state index contributed by atoms with van der Waals surface area (Å²) < 4.78 is 4.97. The standard InChI is InChI=1S/C14H16ClNO3/c1-10(2)19-14(18)16-13-9-11(5-3-4-8-17)6-7-12(13)15/h6-7,9-10,17H,4,8H2,1-2H3,(H,16,18). The summed E-state index contributed by atoms with van der Waals surface area (Å²) in [5.41, 5.74) is 1.15. The Hall–Kier alpha value is -1.70. The Balaban J connectivity index is 2.80. The van der Waals surface area contributed by atoms with Crippen molar-refractivity contribution in [3.05, 3.63) is 28.8 Å². The van der Waals surface area contributed by atoms with Gasteiger partial charge in [-0.15, -0.1) is 0 Å². The van der Waals surface area contributed by atoms with E-state index in [2.05, 4.69) is 17.2 Å². The number of carbonyl (C=O) groups excluding carboxylic acids is 1. The van der Waals surface area contributed by atoms with Crippen LogP contribution in [0.3, 0.4) is 0 Å². The van der Waals surface area contributed by atoms with E-state index in [-0.39, 0.29) is 12.7 Å². The van der Waals surface area contributed by atoms with Crippen LogP contribution in [0.2, 0.25) is 5.02 Å². The third-order valence-electron chi connectivity index (χ3n) is 2.02. The molecule has 1 aromatic rings. The van der Waals surface area contributed by atoms with Gasteiger partial charge in [0.2, 0.25) is 0 Å². The molecule has 0 spiro atoms. The molecule has 0 atom stereocenters. The number of hydrogen-bond acceptors (Lipinski definition) is 3. The molecule has 0 aliphatic rings. The summed E-state index contributed by atoms with van der Waals surface area (Å²) in [5, 5.41) is 11.6. The van der Waals surface area contributed by atoms with Gasteiger partial charge in [-0.3, -0.25) is 5.32 Å². The smallest absolute Gasteiger partial charge is 0.411 e. The second-order valence-electron chi connectivity index (χ2n) is 4.05. The van der Waals surface area contributed by atoms with Gasteiger partial charge in [0, 0.05) is 12.0 Å². The molecule has 0 saturated heterocycles. The van der Waals surface area contributed by atoms with Crippen molar-refractivity contribution in [3.8, 4) is 11.8 Å². The van der Waals surface area contributed by atoms with E-state index >= 15 is 0 Å². The van der Waals surface area contributed by atoms with Gasteiger partial charge in [0.05, 0.1) is 23.4 Å². The Labute approximate surface area is 117 Å². The van der Waals surface area contributed by atoms with Crippen molar-refractivity contribution in [1.29, 1.82) is 0 Å². The largest absolute Gasteiger partial charge is 0.447 e. The highest BCUT2D eigenvalue weighted by molar-refractivity contribution is 6.33. The molecule has 0 bridgehead atoms. The zero-order chi connectivity index (χ0) is 14.3. The van der Waals surface area contributed by atoms with Crippen molar-refractivity contribution in [1.82, 2.24) is 0 Å². The second-order valence-corrected chi connectivity index (χ2v) is 4.46. The van der Waals surface area contributed by atoms with Crippen LogP contribution < -0.4 is 5.32 Å². The van der Waals surface area contributed by atoms with Gasteiger partial charge in [0.15, 0.2) is 0 Å². The second kappa shape index (κ2) is 7.67. The van der Waals surface area contributed by atoms with Gasteiger partial charge >= 0.3 is 6.09 Å². The maximum atomic E-state index is 11.5. The molecule has 0 heterocycles. The average Bonchev–Trinajstić information content (AvgIpc) is 2.32. The normalized spacial score (nSPS) is 9.74. The fourth-order valence-corrected chi connectivity index (χ4v) is 1.44. The number of ether oxygens (including phenoxy) is 1. The van der Waals surface area contributed by atoms with Crippen LogP contribution in [0.4, 0.5) is 10.5 Å². The first-order chi connectivity index (χ1) is 9.02. The average molecular weight is 282 g/mol. The predicted octanol–water partition coefficient (Wildman–Crippen LogP) is 3.03. The summed E-state index contributed by atoms with van der Waals surface area (Å²) in [6.07, 6.45) is -0.357. The van der Waals surface area contributed by atoms with Crippen molar-refractivity contribution in [2.45, 2.75) is 26.4 Å². The van der Waals surface area contributed by atoms with Crippen molar-refractivity contribution in [2.75, 3.05) is 11.9 Å². The molecule has 0 saturated carbocycles. The number of aliphatic hydroxyl groups excluding tert-OH is 1. The number of anilines is 1. The van der Waals surface area contributed by atoms with Crippen LogP contribution in [0.15, 0.2) is 18.2 Å². The molecular weight excluding hydrogens is 266 g/mol. The van der Waals surface area contributed by atoms with Crippen LogP contribution in [0, 0.1) is 11.8 Å². The zero-order valence-corrected chi connectivity index (χ0v) is 11.6. The van der Waals surface area contributed by atoms with Gasteiger partial charge in [0.1, 0.15) is 0 Å². The maximum absolute atomic E-state index is 11.5. The lowest BCUT2D eigenvalue weighted by atomic mass is 10.2. The van der Waals surface area contributed by atoms with E-state index in [9.17, 15) is 4.79 Å². The molecule has 1 amide bonds. The number of amides is 1. The van der Waals surface area contributed by atoms with Crippen LogP contribution in [-0.4, -0.2) is 23.9 Å². The van der Waals surface area contributed by atoms with Crippen LogP contribution in [0.1, 0.15) is 25.8 Å². The van der Waals surface area contributed by atoms with Gasteiger partial charge in [-0.25, -0.2) is 4.79 Å². The lowest BCUT2D eigenvalue weighted by molar-refractivity contribution is 0.130. The lowest BCUT2D eigenvalue weighted by Gasteiger charge is -2.10. The van der Waals surface area contributed by atoms with E-state index in [1.54, 1.807) is 32.0 Å². The molecule has 1 aromatic carbocycles. The SMILES string of the molecule is CC(C)OC(=O)Nc1cc(C#CCCO)ccc1Cl. The zero-order valence-electron chi connectivity index (χ0n) is 10.9. The number of hydrogen-bond donors (Lipinski definition) is 2. The summed E-state index contributed by atoms with van der Waals surface area (Å²) in [6.45, 7) is 3.54. The van der Waals surface area contributed by atoms with Crippen LogP contribution in [0.25, 0.3) is 0 Å². The van der Waals surface area contributed by atoms with Crippen molar-refractivity contribution in [2.24, 2.45) is 0 Å². The fourth-order valence-electron chi connectivity index (χ4n) is 1.27. The monoisotopic (exact) mass is 281 g/mol. The van der Waals surface area contributed by atoms with Gasteiger partial charge in [0.25, 0.3) is 0 Å². The predicted molar refractivity (Wildman–Crippen MR) is 75.3 cm³/mol. The molecule has 0 radical (unpaired) electrons. The van der Waals surface area contributed by atoms with Crippen molar-refractivity contribution in [3.63, 3.8) is 0 Å². The molecule has 0 unspecified atom stereocenters. The van der Waals surface area contributed by atoms with Crippen LogP contribution in [0.5, 0.6) is 0 Å². The molecule has 102 valence electrons. The van der Waals surface area contributed by atoms with Crippen molar-refractivity contribution >= 4 is 23.4 Å². The first kappa shape index (κ1) is 15.4. The highest BCUT2D eigenvalue weighted by Gasteiger charge is 2.08. The molecular formula is C14H16ClNO3. The highest BCUT2D eigenvalue weighted by atomic mass is 35.5. The van der Waals surface area contributed by atoms with Gasteiger partial charge < -0.3 is 9.84 Å². The molecule has 5 heteroatoms. The lowest BCUT2D eigenvalue weighted by Crippen LogP contribution is -2.18. The van der Waals surface area contributed by atoms with Gasteiger partial charge in [-0.2, -0.15) is 0 Å². The fraction of sp³-hybridized carbons (Fsp3) is 0.357. The van der Waals surface area contributed by atoms with E-state index in [1.807, 2.05) is 0 Å². The number of carbonyl (C=O) groups is 1. The summed E-state index contributed by atoms with van der Waals surface area (Å²) in [6, 6.07) is 5.05. The molecule has 0 aliphatic carbocycles. The summed E-state index contributed by atoms with van der Waals surface area (Å²) in [7, 11) is 0. The minimum Gasteiger partial charge on any atom is -0.447 e. The number of rotatable bonds is 3. The molecule has 2 N–H and O–H groups in total. The Bertz CT molecular complexity index is 503. The summed E-state index contributed by atoms with van der Waals surface area (Å²) >= 11 is 5.98. The Kier molecular flexibility index (Phi) is 6.20. The summed E-state index contributed by atoms with van der Waals surface area (Å²) in [5.74, 6) is 5.66. The maximum Gasteiger partial charge on any atom is 0.411 e. The van der Waals surface area contributed by atoms with Crippen LogP contribution >= 0.6 is 11.6 Å². The summed E-state index contributed by atoms with van der Waals surface area (Å²) in [4.78, 5) is 11.5. The van der Waals surface area contributed by atoms with Crippen molar-refractivity contribution < 1.29 is 14.6 Å². The molecule has 0 fully saturated rings. The molecule has 4 nitrogen and oxygen atoms in total. The Morgan fingerprint density at radius 1 is 1.53 bits per heavy atom. The Morgan fingerprint density at radius 3 is 2.89 bits per heavy atom. The third-order valence-corrected chi connectivity index (χ3v) is 2.34. The molecule has 0 aromatic heterocycles. The van der Waals surface area contributed by atoms with E-state index in [0.29, 0.717) is 22.7 Å². The number of nitrogens with one attached hydrogen (secondary N) is 1. The van der Waals surface area contributed by atoms with Gasteiger partial charge in [-0.1, -0.05) is 23.4 Å². The van der Waals surface area contributed by atoms with E-state index in [4.69, 9.17) is 21.4 Å². The third kappa shape index (κ3) is 5.64. The molecule has 19 heavy (non-hydrogen) atoms. The minimum atomic E-state index is -0.558. The van der Waals surface area contributed by atoms with Crippen LogP contribution in [-0.2, 0) is 4.74 Å². The van der Waals surface area contributed by atoms with E-state index in [1.165, 1.54) is 0 Å². The highest BCUT2D eigenvalue weighted by Crippen LogP contribution is 2.23. The quantitative estimate of drug-likeness (QED) is 0.837. The first-order valence-corrected chi connectivity index (χ1v) is 6.27. The van der Waals surface area contributed by atoms with Gasteiger partial charge in [-0.05, 0) is 32.0 Å². The Morgan fingerprint density at radius 2 is 2.26 bits per heavy atom. The molecule has 1 rings (SSSR count). The minimum absolute atomic E-state index is 0.0202. The topological polar surface area (TPSA) is 58.6 Å². The number of halogens is 1. The number of aliphatic hydroxyl groups is 1.